The van der Waals surface area contributed by atoms with Gasteiger partial charge in [-0.25, -0.2) is 0 Å². The molecule has 0 aromatic heterocycles. The predicted octanol–water partition coefficient (Wildman–Crippen LogP) is 12.2. The summed E-state index contributed by atoms with van der Waals surface area (Å²) >= 11 is 42.9. The number of benzene rings is 5. The predicted molar refractivity (Wildman–Crippen MR) is 243 cm³/mol. The Morgan fingerprint density at radius 3 is 1.35 bits per heavy atom. The first-order chi connectivity index (χ1) is 29.4. The van der Waals surface area contributed by atoms with Crippen LogP contribution in [0.1, 0.15) is 40.1 Å². The standard InChI is InChI=1S/C41H29Cl7N8O6/c1-19(57)36(55-53-29-11-21(9-26(45)14-29)38(59)51-34-6-3-24(43)16-31(34)47)40(61)49-28-5-8-33(23(13-28)18-42)50-41(62)37(20(2)58)56-54-30-12-22(10-27(46)15-30)39(60)52-35-7-4-25(44)17-32(35)48/h3-17,36-37H,18H2,1-2H3,(H,49,61)(H,50,62)(H,51,59)(H,52,60). The van der Waals surface area contributed by atoms with Crippen molar-refractivity contribution in [3.05, 3.63) is 138 Å². The molecule has 62 heavy (non-hydrogen) atoms. The largest absolute Gasteiger partial charge is 0.324 e. The zero-order chi connectivity index (χ0) is 45.2. The van der Waals surface area contributed by atoms with E-state index in [1.807, 2.05) is 0 Å². The lowest BCUT2D eigenvalue weighted by molar-refractivity contribution is -0.127. The average molecular weight is 978 g/mol. The number of anilines is 4. The van der Waals surface area contributed by atoms with Gasteiger partial charge < -0.3 is 21.3 Å². The molecule has 318 valence electrons. The molecule has 2 atom stereocenters. The number of amides is 4. The van der Waals surface area contributed by atoms with Gasteiger partial charge in [0.05, 0.1) is 32.8 Å². The molecule has 0 aliphatic rings. The van der Waals surface area contributed by atoms with Crippen molar-refractivity contribution in [2.45, 2.75) is 31.8 Å². The minimum Gasteiger partial charge on any atom is -0.324 e. The fourth-order valence-corrected chi connectivity index (χ4v) is 6.89. The number of rotatable bonds is 15. The van der Waals surface area contributed by atoms with Crippen LogP contribution in [0.25, 0.3) is 0 Å². The lowest BCUT2D eigenvalue weighted by Gasteiger charge is -2.15. The third kappa shape index (κ3) is 13.0. The third-order valence-corrected chi connectivity index (χ3v) is 10.1. The Hall–Kier alpha value is -5.45. The Balaban J connectivity index is 1.26. The zero-order valence-corrected chi connectivity index (χ0v) is 37.2. The highest BCUT2D eigenvalue weighted by molar-refractivity contribution is 6.38. The minimum absolute atomic E-state index is 0.0644. The van der Waals surface area contributed by atoms with Crippen molar-refractivity contribution >= 4 is 151 Å². The second-order valence-corrected chi connectivity index (χ2v) is 15.8. The van der Waals surface area contributed by atoms with E-state index >= 15 is 0 Å². The quantitative estimate of drug-likeness (QED) is 0.0457. The Morgan fingerprint density at radius 2 is 0.935 bits per heavy atom. The van der Waals surface area contributed by atoms with E-state index in [9.17, 15) is 28.8 Å². The molecule has 21 heteroatoms. The number of azo groups is 2. The first-order valence-corrected chi connectivity index (χ1v) is 20.5. The molecular formula is C41H29Cl7N8O6. The number of nitrogens with zero attached hydrogens (tertiary/aromatic N) is 4. The SMILES string of the molecule is CC(=O)C(N=Nc1cc(Cl)cc(C(=O)Nc2ccc(Cl)cc2Cl)c1)C(=O)Nc1ccc(NC(=O)C(N=Nc2cc(Cl)cc(C(=O)Nc3ccc(Cl)cc3Cl)c2)C(C)=O)c(CCl)c1. The topological polar surface area (TPSA) is 200 Å². The van der Waals surface area contributed by atoms with Crippen LogP contribution in [0.4, 0.5) is 34.1 Å². The Morgan fingerprint density at radius 1 is 0.500 bits per heavy atom. The van der Waals surface area contributed by atoms with Crippen LogP contribution in [-0.2, 0) is 25.1 Å². The molecule has 0 aliphatic carbocycles. The van der Waals surface area contributed by atoms with Crippen molar-refractivity contribution in [3.63, 3.8) is 0 Å². The van der Waals surface area contributed by atoms with E-state index in [0.717, 1.165) is 13.8 Å². The van der Waals surface area contributed by atoms with Crippen molar-refractivity contribution in [1.29, 1.82) is 0 Å². The molecule has 0 spiro atoms. The highest BCUT2D eigenvalue weighted by Gasteiger charge is 2.26. The molecule has 4 amide bonds. The molecule has 14 nitrogen and oxygen atoms in total. The van der Waals surface area contributed by atoms with Gasteiger partial charge in [0.1, 0.15) is 0 Å². The fourth-order valence-electron chi connectivity index (χ4n) is 5.30. The van der Waals surface area contributed by atoms with Crippen molar-refractivity contribution < 1.29 is 28.8 Å². The van der Waals surface area contributed by atoms with Crippen LogP contribution in [0.15, 0.2) is 111 Å². The van der Waals surface area contributed by atoms with Crippen molar-refractivity contribution in [1.82, 2.24) is 0 Å². The summed E-state index contributed by atoms with van der Waals surface area (Å²) in [5.74, 6) is -4.37. The number of hydrogen-bond acceptors (Lipinski definition) is 10. The first-order valence-electron chi connectivity index (χ1n) is 17.7. The number of hydrogen-bond donors (Lipinski definition) is 4. The highest BCUT2D eigenvalue weighted by atomic mass is 35.5. The fraction of sp³-hybridized carbons (Fsp3) is 0.122. The van der Waals surface area contributed by atoms with E-state index in [2.05, 4.69) is 41.7 Å². The summed E-state index contributed by atoms with van der Waals surface area (Å²) in [4.78, 5) is 77.6. The Bertz CT molecular complexity index is 2680. The maximum atomic E-state index is 13.3. The number of nitrogens with one attached hydrogen (secondary N) is 4. The third-order valence-electron chi connectivity index (χ3n) is 8.27. The normalized spacial score (nSPS) is 12.1. The molecule has 0 radical (unpaired) electrons. The number of ketones is 2. The molecule has 0 bridgehead atoms. The molecule has 0 saturated heterocycles. The van der Waals surface area contributed by atoms with Crippen LogP contribution in [0.3, 0.4) is 0 Å². The summed E-state index contributed by atoms with van der Waals surface area (Å²) in [6.07, 6.45) is 0. The second kappa shape index (κ2) is 21.6. The summed E-state index contributed by atoms with van der Waals surface area (Å²) in [7, 11) is 0. The highest BCUT2D eigenvalue weighted by Crippen LogP contribution is 2.30. The van der Waals surface area contributed by atoms with Crippen molar-refractivity contribution in [2.24, 2.45) is 20.5 Å². The lowest BCUT2D eigenvalue weighted by Crippen LogP contribution is -2.32. The molecule has 4 N–H and O–H groups in total. The Kier molecular flexibility index (Phi) is 16.6. The van der Waals surface area contributed by atoms with Gasteiger partial charge in [-0.15, -0.1) is 11.6 Å². The number of halogens is 7. The van der Waals surface area contributed by atoms with Gasteiger partial charge in [0, 0.05) is 48.5 Å². The van der Waals surface area contributed by atoms with E-state index in [1.54, 1.807) is 12.1 Å². The lowest BCUT2D eigenvalue weighted by atomic mass is 10.1. The van der Waals surface area contributed by atoms with Gasteiger partial charge >= 0.3 is 0 Å². The molecule has 0 fully saturated rings. The number of carbonyl (C=O) groups is 6. The van der Waals surface area contributed by atoms with Crippen LogP contribution in [0.2, 0.25) is 30.1 Å². The van der Waals surface area contributed by atoms with Crippen molar-refractivity contribution in [2.75, 3.05) is 21.3 Å². The van der Waals surface area contributed by atoms with Gasteiger partial charge in [-0.2, -0.15) is 20.5 Å². The van der Waals surface area contributed by atoms with Crippen LogP contribution < -0.4 is 21.3 Å². The van der Waals surface area contributed by atoms with Gasteiger partial charge in [0.2, 0.25) is 12.1 Å². The van der Waals surface area contributed by atoms with Gasteiger partial charge in [-0.1, -0.05) is 69.6 Å². The summed E-state index contributed by atoms with van der Waals surface area (Å²) in [6, 6.07) is 18.3. The maximum absolute atomic E-state index is 13.3. The second-order valence-electron chi connectivity index (χ2n) is 13.0. The minimum atomic E-state index is -1.63. The van der Waals surface area contributed by atoms with E-state index in [4.69, 9.17) is 81.2 Å². The van der Waals surface area contributed by atoms with Gasteiger partial charge in [-0.3, -0.25) is 28.8 Å². The molecule has 0 aliphatic heterocycles. The van der Waals surface area contributed by atoms with E-state index < -0.39 is 47.3 Å². The van der Waals surface area contributed by atoms with Gasteiger partial charge in [-0.05, 0) is 110 Å². The van der Waals surface area contributed by atoms with Crippen molar-refractivity contribution in [3.8, 4) is 0 Å². The molecule has 0 saturated carbocycles. The summed E-state index contributed by atoms with van der Waals surface area (Å²) in [5, 5.41) is 27.7. The summed E-state index contributed by atoms with van der Waals surface area (Å²) < 4.78 is 0. The number of Topliss-reactive ketones (excluding diaryl/α,β-unsaturated/α-hetero) is 2. The molecule has 5 aromatic carbocycles. The monoisotopic (exact) mass is 974 g/mol. The van der Waals surface area contributed by atoms with Crippen LogP contribution in [0.5, 0.6) is 0 Å². The van der Waals surface area contributed by atoms with E-state index in [0.29, 0.717) is 27.0 Å². The van der Waals surface area contributed by atoms with E-state index in [1.165, 1.54) is 78.9 Å². The molecular weight excluding hydrogens is 949 g/mol. The molecule has 2 unspecified atom stereocenters. The van der Waals surface area contributed by atoms with Crippen LogP contribution in [0, 0.1) is 0 Å². The summed E-state index contributed by atoms with van der Waals surface area (Å²) in [6.45, 7) is 2.28. The first kappa shape index (κ1) is 47.6. The number of alkyl halides is 1. The molecule has 0 heterocycles. The number of carbonyl (C=O) groups excluding carboxylic acids is 6. The van der Waals surface area contributed by atoms with Crippen LogP contribution in [-0.4, -0.2) is 47.3 Å². The molecule has 5 aromatic rings. The van der Waals surface area contributed by atoms with Gasteiger partial charge in [0.25, 0.3) is 23.6 Å². The smallest absolute Gasteiger partial charge is 0.258 e. The maximum Gasteiger partial charge on any atom is 0.258 e. The Labute approximate surface area is 388 Å². The molecule has 5 rings (SSSR count). The average Bonchev–Trinajstić information content (AvgIpc) is 3.20. The van der Waals surface area contributed by atoms with E-state index in [-0.39, 0.29) is 59.8 Å². The van der Waals surface area contributed by atoms with Crippen LogP contribution >= 0.6 is 81.2 Å². The summed E-state index contributed by atoms with van der Waals surface area (Å²) in [5.41, 5.74) is 1.55. The van der Waals surface area contributed by atoms with Gasteiger partial charge in [0.15, 0.2) is 11.6 Å². The zero-order valence-electron chi connectivity index (χ0n) is 31.9.